The Morgan fingerprint density at radius 3 is 2.64 bits per heavy atom. The van der Waals surface area contributed by atoms with Crippen molar-refractivity contribution in [2.24, 2.45) is 0 Å². The Kier molecular flexibility index (Phi) is 5.37. The lowest BCUT2D eigenvalue weighted by Crippen LogP contribution is -2.49. The van der Waals surface area contributed by atoms with Crippen molar-refractivity contribution in [3.63, 3.8) is 0 Å². The molecule has 5 nitrogen and oxygen atoms in total. The van der Waals surface area contributed by atoms with Gasteiger partial charge in [0.2, 0.25) is 0 Å². The van der Waals surface area contributed by atoms with Gasteiger partial charge in [-0.2, -0.15) is 0 Å². The van der Waals surface area contributed by atoms with Gasteiger partial charge in [-0.3, -0.25) is 4.79 Å². The molecule has 3 rings (SSSR count). The summed E-state index contributed by atoms with van der Waals surface area (Å²) in [7, 11) is 0. The lowest BCUT2D eigenvalue weighted by molar-refractivity contribution is -0.145. The molecule has 2 atom stereocenters. The van der Waals surface area contributed by atoms with Crippen LogP contribution in [0.3, 0.4) is 0 Å². The first-order valence-electron chi connectivity index (χ1n) is 8.16. The monoisotopic (exact) mass is 382 g/mol. The second-order valence-corrected chi connectivity index (χ2v) is 7.18. The predicted molar refractivity (Wildman–Crippen MR) is 98.6 cm³/mol. The van der Waals surface area contributed by atoms with E-state index in [-0.39, 0.29) is 24.7 Å². The van der Waals surface area contributed by atoms with Crippen molar-refractivity contribution in [1.29, 1.82) is 0 Å². The van der Waals surface area contributed by atoms with E-state index in [1.165, 1.54) is 0 Å². The van der Waals surface area contributed by atoms with Crippen molar-refractivity contribution in [2.75, 3.05) is 19.7 Å². The third-order valence-corrected chi connectivity index (χ3v) is 4.68. The van der Waals surface area contributed by atoms with Gasteiger partial charge in [0.1, 0.15) is 5.52 Å². The Hall–Kier alpha value is -1.56. The van der Waals surface area contributed by atoms with Crippen LogP contribution >= 0.6 is 23.2 Å². The fraction of sp³-hybridized carbons (Fsp3) is 0.444. The smallest absolute Gasteiger partial charge is 0.260 e. The van der Waals surface area contributed by atoms with Crippen molar-refractivity contribution in [2.45, 2.75) is 33.0 Å². The van der Waals surface area contributed by atoms with E-state index in [1.54, 1.807) is 11.0 Å². The largest absolute Gasteiger partial charge is 0.480 e. The minimum Gasteiger partial charge on any atom is -0.480 e. The number of rotatable bonds is 3. The number of halogens is 2. The Morgan fingerprint density at radius 2 is 1.96 bits per heavy atom. The molecule has 25 heavy (non-hydrogen) atoms. The van der Waals surface area contributed by atoms with Crippen molar-refractivity contribution >= 4 is 40.0 Å². The predicted octanol–water partition coefficient (Wildman–Crippen LogP) is 3.86. The molecule has 7 heteroatoms. The van der Waals surface area contributed by atoms with Crippen LogP contribution in [-0.2, 0) is 9.53 Å². The number of pyridine rings is 1. The first-order chi connectivity index (χ1) is 11.8. The van der Waals surface area contributed by atoms with Crippen LogP contribution in [0, 0.1) is 6.92 Å². The van der Waals surface area contributed by atoms with Gasteiger partial charge < -0.3 is 14.4 Å². The van der Waals surface area contributed by atoms with E-state index >= 15 is 0 Å². The molecular formula is C18H20Cl2N2O3. The van der Waals surface area contributed by atoms with Gasteiger partial charge in [-0.1, -0.05) is 23.2 Å². The molecule has 0 radical (unpaired) electrons. The first-order valence-corrected chi connectivity index (χ1v) is 8.92. The SMILES string of the molecule is Cc1ccc2c(Cl)cc(Cl)c(OCC(=O)N3CC(C)OC(C)C3)c2n1. The number of nitrogens with zero attached hydrogens (tertiary/aromatic N) is 2. The number of fused-ring (bicyclic) bond motifs is 1. The number of benzene rings is 1. The van der Waals surface area contributed by atoms with E-state index < -0.39 is 0 Å². The van der Waals surface area contributed by atoms with Gasteiger partial charge in [0.15, 0.2) is 12.4 Å². The van der Waals surface area contributed by atoms with Gasteiger partial charge in [-0.05, 0) is 39.0 Å². The fourth-order valence-corrected chi connectivity index (χ4v) is 3.60. The highest BCUT2D eigenvalue weighted by molar-refractivity contribution is 6.39. The Morgan fingerprint density at radius 1 is 1.28 bits per heavy atom. The molecule has 0 spiro atoms. The number of morpholine rings is 1. The van der Waals surface area contributed by atoms with E-state index in [1.807, 2.05) is 32.9 Å². The van der Waals surface area contributed by atoms with Gasteiger partial charge in [0.05, 0.1) is 22.3 Å². The van der Waals surface area contributed by atoms with Crippen molar-refractivity contribution in [1.82, 2.24) is 9.88 Å². The lowest BCUT2D eigenvalue weighted by atomic mass is 10.2. The normalized spacial score (nSPS) is 20.8. The quantitative estimate of drug-likeness (QED) is 0.808. The summed E-state index contributed by atoms with van der Waals surface area (Å²) in [6.45, 7) is 6.78. The highest BCUT2D eigenvalue weighted by atomic mass is 35.5. The number of carbonyl (C=O) groups excluding carboxylic acids is 1. The summed E-state index contributed by atoms with van der Waals surface area (Å²) in [4.78, 5) is 18.7. The first kappa shape index (κ1) is 18.2. The summed E-state index contributed by atoms with van der Waals surface area (Å²) in [5.74, 6) is 0.279. The summed E-state index contributed by atoms with van der Waals surface area (Å²) in [5.41, 5.74) is 1.38. The van der Waals surface area contributed by atoms with Crippen molar-refractivity contribution < 1.29 is 14.3 Å². The van der Waals surface area contributed by atoms with Gasteiger partial charge in [-0.25, -0.2) is 4.98 Å². The Bertz CT molecular complexity index is 802. The molecule has 1 aliphatic rings. The maximum absolute atomic E-state index is 12.5. The van der Waals surface area contributed by atoms with Crippen LogP contribution in [0.25, 0.3) is 10.9 Å². The zero-order valence-corrected chi connectivity index (χ0v) is 15.9. The number of aryl methyl sites for hydroxylation is 1. The maximum atomic E-state index is 12.5. The van der Waals surface area contributed by atoms with E-state index in [9.17, 15) is 4.79 Å². The standard InChI is InChI=1S/C18H20Cl2N2O3/c1-10-4-5-13-14(19)6-15(20)18(17(13)21-10)24-9-16(23)22-7-11(2)25-12(3)8-22/h4-6,11-12H,7-9H2,1-3H3. The van der Waals surface area contributed by atoms with Crippen LogP contribution in [0.15, 0.2) is 18.2 Å². The number of hydrogen-bond acceptors (Lipinski definition) is 4. The zero-order chi connectivity index (χ0) is 18.1. The molecule has 1 fully saturated rings. The second kappa shape index (κ2) is 7.36. The van der Waals surface area contributed by atoms with Gasteiger partial charge in [0, 0.05) is 24.2 Å². The summed E-state index contributed by atoms with van der Waals surface area (Å²) in [5, 5.41) is 1.59. The van der Waals surface area contributed by atoms with Crippen LogP contribution < -0.4 is 4.74 Å². The van der Waals surface area contributed by atoms with Crippen LogP contribution in [-0.4, -0.2) is 47.7 Å². The van der Waals surface area contributed by atoms with Crippen LogP contribution in [0.2, 0.25) is 10.0 Å². The number of hydrogen-bond donors (Lipinski definition) is 0. The van der Waals surface area contributed by atoms with Crippen LogP contribution in [0.1, 0.15) is 19.5 Å². The molecule has 0 N–H and O–H groups in total. The molecule has 2 aromatic rings. The second-order valence-electron chi connectivity index (χ2n) is 6.36. The van der Waals surface area contributed by atoms with E-state index in [2.05, 4.69) is 4.98 Å². The number of ether oxygens (including phenoxy) is 2. The summed E-state index contributed by atoms with van der Waals surface area (Å²) < 4.78 is 11.4. The highest BCUT2D eigenvalue weighted by Gasteiger charge is 2.26. The molecule has 0 bridgehead atoms. The summed E-state index contributed by atoms with van der Waals surface area (Å²) in [6, 6.07) is 5.35. The molecule has 0 aliphatic carbocycles. The minimum absolute atomic E-state index is 0.0111. The molecule has 134 valence electrons. The van der Waals surface area contributed by atoms with Crippen molar-refractivity contribution in [3.05, 3.63) is 33.9 Å². The number of carbonyl (C=O) groups is 1. The van der Waals surface area contributed by atoms with E-state index in [0.29, 0.717) is 34.4 Å². The molecule has 1 aromatic heterocycles. The molecular weight excluding hydrogens is 363 g/mol. The summed E-state index contributed by atoms with van der Waals surface area (Å²) >= 11 is 12.5. The lowest BCUT2D eigenvalue weighted by Gasteiger charge is -2.35. The average Bonchev–Trinajstić information content (AvgIpc) is 2.53. The van der Waals surface area contributed by atoms with Crippen LogP contribution in [0.4, 0.5) is 0 Å². The molecule has 1 aromatic carbocycles. The highest BCUT2D eigenvalue weighted by Crippen LogP contribution is 2.37. The number of aromatic nitrogens is 1. The maximum Gasteiger partial charge on any atom is 0.260 e. The van der Waals surface area contributed by atoms with Crippen LogP contribution in [0.5, 0.6) is 5.75 Å². The van der Waals surface area contributed by atoms with Gasteiger partial charge in [0.25, 0.3) is 5.91 Å². The van der Waals surface area contributed by atoms with Gasteiger partial charge in [-0.15, -0.1) is 0 Å². The summed E-state index contributed by atoms with van der Waals surface area (Å²) in [6.07, 6.45) is 0.0222. The molecule has 1 aliphatic heterocycles. The Labute approximate surface area is 156 Å². The molecule has 0 saturated carbocycles. The topological polar surface area (TPSA) is 51.7 Å². The van der Waals surface area contributed by atoms with Crippen molar-refractivity contribution in [3.8, 4) is 5.75 Å². The third-order valence-electron chi connectivity index (χ3n) is 4.09. The molecule has 1 amide bonds. The van der Waals surface area contributed by atoms with Gasteiger partial charge >= 0.3 is 0 Å². The third kappa shape index (κ3) is 4.00. The average molecular weight is 383 g/mol. The molecule has 1 saturated heterocycles. The molecule has 2 heterocycles. The zero-order valence-electron chi connectivity index (χ0n) is 14.4. The number of amides is 1. The molecule has 2 unspecified atom stereocenters. The van der Waals surface area contributed by atoms with E-state index in [0.717, 1.165) is 11.1 Å². The fourth-order valence-electron chi connectivity index (χ4n) is 3.03. The minimum atomic E-state index is -0.106. The van der Waals surface area contributed by atoms with E-state index in [4.69, 9.17) is 32.7 Å². The Balaban J connectivity index is 1.81.